The van der Waals surface area contributed by atoms with E-state index < -0.39 is 41.9 Å². The standard InChI is InChI=1S/H79P79/c1-41-61(40)71(60(38)39)76(70(58(34)35)59(36)37)79(77(72(62(42(2)3)43(4)5)63(44(6)7)45(8)9)73(64(46(10)11)47(12)13)65(48(14)15)49(16)17)78(74(66(50(18)19)51(20)21)67(52(22)23)53(24)25)75(68(54(26)27)55(28)29)69(56(30)31)57(32)33/h1-2,41H,3-40H2. The summed E-state index contributed by atoms with van der Waals surface area (Å²) in [6.45, 7) is -13.6. The van der Waals surface area contributed by atoms with E-state index in [-0.39, 0.29) is 224 Å². The monoisotopic (exact) mass is 2530 g/mol. The van der Waals surface area contributed by atoms with Gasteiger partial charge in [0, 0.05) is 0 Å². The highest BCUT2D eigenvalue weighted by Gasteiger charge is 2.64. The van der Waals surface area contributed by atoms with Crippen LogP contribution in [0.2, 0.25) is 0 Å². The summed E-state index contributed by atoms with van der Waals surface area (Å²) < 4.78 is 0. The molecule has 0 aliphatic heterocycles. The van der Waals surface area contributed by atoms with Crippen LogP contribution >= 0.6 is 631 Å². The summed E-state index contributed by atoms with van der Waals surface area (Å²) in [6.07, 6.45) is 0. The zero-order valence-corrected chi connectivity index (χ0v) is 121. The molecular weight excluding hydrogens is 2450 g/mol. The minimum absolute atomic E-state index is 0.309. The summed E-state index contributed by atoms with van der Waals surface area (Å²) in [5.41, 5.74) is 0. The number of hydrogen-bond acceptors (Lipinski definition) is 0. The van der Waals surface area contributed by atoms with Gasteiger partial charge in [-0.15, -0.1) is 339 Å². The molecule has 0 aromatic rings. The Morgan fingerprint density at radius 2 is 0.253 bits per heavy atom. The van der Waals surface area contributed by atoms with Gasteiger partial charge in [0.25, 0.3) is 0 Å². The molecule has 0 aromatic carbocycles. The topological polar surface area (TPSA) is 0 Å². The molecule has 0 rings (SSSR count). The maximum Gasteiger partial charge on any atom is -0.00000515 e. The highest BCUT2D eigenvalue weighted by molar-refractivity contribution is 9.58. The van der Waals surface area contributed by atoms with Gasteiger partial charge in [0.15, 0.2) is 0 Å². The zero-order chi connectivity index (χ0) is 62.6. The van der Waals surface area contributed by atoms with Gasteiger partial charge in [-0.2, -0.15) is 0 Å². The van der Waals surface area contributed by atoms with Crippen molar-refractivity contribution in [2.45, 2.75) is 0 Å². The maximum absolute atomic E-state index is 4.86. The Morgan fingerprint density at radius 3 is 0.354 bits per heavy atom. The van der Waals surface area contributed by atoms with Crippen LogP contribution in [0.3, 0.4) is 0 Å². The Balaban J connectivity index is 12.6. The molecular formula is H79P79. The Bertz CT molecular complexity index is 1200. The highest BCUT2D eigenvalue weighted by Crippen LogP contribution is 3.52. The first kappa shape index (κ1) is 113. The molecule has 2 radical (unpaired) electrons. The van der Waals surface area contributed by atoms with Crippen molar-refractivity contribution in [1.29, 1.82) is 0 Å². The lowest BCUT2D eigenvalue weighted by Gasteiger charge is -2.62. The molecule has 0 N–H and O–H groups in total. The Hall–Kier alpha value is 34.0. The minimum Gasteiger partial charge on any atom is -0.102 e. The van der Waals surface area contributed by atoms with Crippen LogP contribution in [0.1, 0.15) is 0 Å². The lowest BCUT2D eigenvalue weighted by atomic mass is 28.4. The molecule has 0 bridgehead atoms. The second-order valence-electron chi connectivity index (χ2n) is 12.5. The molecule has 0 heterocycles. The highest BCUT2D eigenvalue weighted by atomic mass is 33.6. The van der Waals surface area contributed by atoms with Crippen LogP contribution < -0.4 is 0 Å². The smallest absolute Gasteiger partial charge is 0.00000515 e. The molecule has 0 aliphatic carbocycles. The first-order valence-corrected chi connectivity index (χ1v) is 161. The van der Waals surface area contributed by atoms with E-state index in [9.17, 15) is 0 Å². The lowest BCUT2D eigenvalue weighted by Crippen LogP contribution is -1.75. The molecule has 0 amide bonds. The number of rotatable bonds is 38. The fourth-order valence-electron chi connectivity index (χ4n) is 4.77. The van der Waals surface area contributed by atoms with Crippen molar-refractivity contribution < 1.29 is 0 Å². The summed E-state index contributed by atoms with van der Waals surface area (Å²) in [5.74, 6) is 0. The van der Waals surface area contributed by atoms with E-state index in [1.54, 1.807) is 0 Å². The van der Waals surface area contributed by atoms with E-state index >= 15 is 0 Å². The van der Waals surface area contributed by atoms with Gasteiger partial charge in [0.1, 0.15) is 0 Å². The summed E-state index contributed by atoms with van der Waals surface area (Å²) in [4.78, 5) is 0. The van der Waals surface area contributed by atoms with Crippen molar-refractivity contribution in [2.24, 2.45) is 0 Å². The van der Waals surface area contributed by atoms with E-state index in [1.165, 1.54) is 0 Å². The third-order valence-corrected chi connectivity index (χ3v) is 562. The first-order chi connectivity index (χ1) is 36.0. The molecule has 79 heteroatoms. The Labute approximate surface area is 620 Å². The Morgan fingerprint density at radius 1 is 0.152 bits per heavy atom. The van der Waals surface area contributed by atoms with Crippen LogP contribution in [-0.4, -0.2) is 0 Å². The fourth-order valence-corrected chi connectivity index (χ4v) is 1160. The van der Waals surface area contributed by atoms with Gasteiger partial charge in [0.05, 0.1) is 0 Å². The lowest BCUT2D eigenvalue weighted by molar-refractivity contribution is 4.31. The van der Waals surface area contributed by atoms with Gasteiger partial charge in [0.2, 0.25) is 0 Å². The van der Waals surface area contributed by atoms with E-state index in [0.29, 0.717) is 0 Å². The van der Waals surface area contributed by atoms with Crippen LogP contribution in [-0.2, 0) is 0 Å². The average molecular weight is 2530 g/mol. The summed E-state index contributed by atoms with van der Waals surface area (Å²) in [5, 5.41) is 0. The molecule has 0 aromatic heterocycles. The van der Waals surface area contributed by atoms with Crippen LogP contribution in [0.15, 0.2) is 0 Å². The van der Waals surface area contributed by atoms with Crippen LogP contribution in [0.25, 0.3) is 0 Å². The third-order valence-electron chi connectivity index (χ3n) is 6.94. The van der Waals surface area contributed by atoms with Crippen LogP contribution in [0.5, 0.6) is 0 Å². The van der Waals surface area contributed by atoms with E-state index in [0.717, 1.165) is 7.96 Å². The molecule has 47 unspecified atom stereocenters. The van der Waals surface area contributed by atoms with Gasteiger partial charge < -0.3 is 0 Å². The van der Waals surface area contributed by atoms with Gasteiger partial charge in [-0.3, -0.25) is 0 Å². The summed E-state index contributed by atoms with van der Waals surface area (Å²) >= 11 is 0. The summed E-state index contributed by atoms with van der Waals surface area (Å²) in [7, 11) is 150. The minimum atomic E-state index is -0.470. The molecule has 474 valence electrons. The SMILES string of the molecule is [PH]PP(P)P(P(P)P)P(P(P(P)P)P(P)P)P(P(P(P(P([PH])P)P(P)P)P(P(P)P)P(P)P)P(P(P(P)P)P(P)P)P(P(P)P)P(P)P)P(P(P(P(P)P)P(P)P)P(P(P)P)P(P)P)P(P(P(P)P)P(P)P)P(P(P)P)P(P)P. The van der Waals surface area contributed by atoms with Crippen molar-refractivity contribution >= 4 is 631 Å². The van der Waals surface area contributed by atoms with Crippen molar-refractivity contribution in [2.75, 3.05) is 0 Å². The normalized spacial score (nSPS) is 15.8. The van der Waals surface area contributed by atoms with Crippen molar-refractivity contribution in [3.05, 3.63) is 0 Å². The van der Waals surface area contributed by atoms with E-state index in [4.69, 9.17) is 8.93 Å². The molecule has 0 saturated carbocycles. The maximum atomic E-state index is 4.86. The van der Waals surface area contributed by atoms with Gasteiger partial charge in [-0.05, 0) is 266 Å². The van der Waals surface area contributed by atoms with Crippen molar-refractivity contribution in [3.8, 4) is 0 Å². The van der Waals surface area contributed by atoms with Crippen LogP contribution in [0.4, 0.5) is 0 Å². The first-order valence-electron chi connectivity index (χ1n) is 17.9. The zero-order valence-electron chi connectivity index (χ0n) is 40.4. The summed E-state index contributed by atoms with van der Waals surface area (Å²) in [6, 6.07) is 0. The molecule has 0 nitrogen and oxygen atoms in total. The molecule has 0 saturated heterocycles. The van der Waals surface area contributed by atoms with Crippen molar-refractivity contribution in [1.82, 2.24) is 0 Å². The number of hydrogen-bond donors (Lipinski definition) is 0. The van der Waals surface area contributed by atoms with Gasteiger partial charge in [-0.25, -0.2) is 0 Å². The van der Waals surface area contributed by atoms with E-state index in [1.807, 2.05) is 0 Å². The molecule has 0 aliphatic rings. The quantitative estimate of drug-likeness (QED) is 0.0541. The largest absolute Gasteiger partial charge is 0.102 e. The van der Waals surface area contributed by atoms with Gasteiger partial charge in [-0.1, -0.05) is 25.8 Å². The molecule has 0 fully saturated rings. The van der Waals surface area contributed by atoms with Crippen molar-refractivity contribution in [3.63, 3.8) is 0 Å². The second-order valence-corrected chi connectivity index (χ2v) is 337. The molecule has 0 spiro atoms. The van der Waals surface area contributed by atoms with Crippen LogP contribution in [0, 0.1) is 0 Å². The fraction of sp³-hybridized carbons (Fsp3) is 0. The second kappa shape index (κ2) is 62.1. The van der Waals surface area contributed by atoms with E-state index in [2.05, 4.69) is 348 Å². The third kappa shape index (κ3) is 40.0. The predicted molar refractivity (Wildman–Crippen MR) is 657 cm³/mol. The predicted octanol–water partition coefficient (Wildman–Crippen LogP) is 46.9. The molecule has 79 heavy (non-hydrogen) atoms. The van der Waals surface area contributed by atoms with Gasteiger partial charge >= 0.3 is 0 Å². The Kier molecular flexibility index (Phi) is 88.8. The molecule has 47 atom stereocenters. The average Bonchev–Trinajstić information content (AvgIpc) is 3.23.